The maximum absolute atomic E-state index is 12.7. The highest BCUT2D eigenvalue weighted by Crippen LogP contribution is 2.34. The van der Waals surface area contributed by atoms with Gasteiger partial charge in [0.05, 0.1) is 44.1 Å². The van der Waals surface area contributed by atoms with E-state index in [0.29, 0.717) is 45.6 Å². The van der Waals surface area contributed by atoms with Crippen molar-refractivity contribution in [1.29, 1.82) is 5.26 Å². The van der Waals surface area contributed by atoms with Gasteiger partial charge in [-0.2, -0.15) is 10.4 Å². The Morgan fingerprint density at radius 1 is 1.18 bits per heavy atom. The molecule has 1 aliphatic heterocycles. The van der Waals surface area contributed by atoms with E-state index in [1.807, 2.05) is 24.3 Å². The summed E-state index contributed by atoms with van der Waals surface area (Å²) in [4.78, 5) is 25.3. The highest BCUT2D eigenvalue weighted by atomic mass is 127. The molecule has 0 aromatic heterocycles. The van der Waals surface area contributed by atoms with Gasteiger partial charge in [-0.1, -0.05) is 30.3 Å². The van der Waals surface area contributed by atoms with Gasteiger partial charge < -0.3 is 24.8 Å². The van der Waals surface area contributed by atoms with Crippen molar-refractivity contribution in [2.75, 3.05) is 13.2 Å². The summed E-state index contributed by atoms with van der Waals surface area (Å²) in [7, 11) is 0. The molecule has 0 aliphatic carbocycles. The topological polar surface area (TPSA) is 134 Å². The molecule has 0 fully saturated rings. The number of ether oxygens (including phenoxy) is 3. The van der Waals surface area contributed by atoms with E-state index in [2.05, 4.69) is 65.8 Å². The average molecular weight is 788 g/mol. The van der Waals surface area contributed by atoms with Crippen molar-refractivity contribution in [1.82, 2.24) is 16.1 Å². The highest BCUT2D eigenvalue weighted by Gasteiger charge is 2.32. The molecule has 3 aromatic rings. The summed E-state index contributed by atoms with van der Waals surface area (Å²) in [5.41, 5.74) is 6.30. The third-order valence-electron chi connectivity index (χ3n) is 6.24. The number of nitrogens with zero attached hydrogens (tertiary/aromatic N) is 2. The second-order valence-corrected chi connectivity index (χ2v) is 11.7. The van der Waals surface area contributed by atoms with Crippen LogP contribution >= 0.6 is 50.7 Å². The number of hydrogen-bond donors (Lipinski definition) is 3. The first-order valence-corrected chi connectivity index (χ1v) is 15.6. The Kier molecular flexibility index (Phi) is 11.7. The van der Waals surface area contributed by atoms with Gasteiger partial charge in [-0.3, -0.25) is 4.79 Å². The molecule has 10 nitrogen and oxygen atoms in total. The van der Waals surface area contributed by atoms with Crippen molar-refractivity contribution in [3.05, 3.63) is 102 Å². The minimum absolute atomic E-state index is 0.222. The number of carbonyl (C=O) groups is 2. The standard InChI is InChI=1S/C31H27BrIN5O5S/c1-3-41-30(40)27-18(2)36-31(44)37-28(27)22-6-4-5-7-25(22)42-17-26(39)38-35-15-21-12-23(32)29(24(33)13-21)43-16-20-10-8-19(14-34)9-11-20/h4-13,15,28H,3,16-17H2,1-2H3,(H,38,39)(H2,36,37,44)/t28-/m1/s1. The quantitative estimate of drug-likeness (QED) is 0.0770. The summed E-state index contributed by atoms with van der Waals surface area (Å²) < 4.78 is 18.6. The zero-order chi connectivity index (χ0) is 31.6. The molecule has 0 bridgehead atoms. The smallest absolute Gasteiger partial charge is 0.338 e. The number of benzene rings is 3. The maximum Gasteiger partial charge on any atom is 0.338 e. The van der Waals surface area contributed by atoms with Crippen LogP contribution in [0.3, 0.4) is 0 Å². The van der Waals surface area contributed by atoms with Gasteiger partial charge in [-0.05, 0) is 106 Å². The highest BCUT2D eigenvalue weighted by molar-refractivity contribution is 14.1. The van der Waals surface area contributed by atoms with Crippen LogP contribution in [0.2, 0.25) is 0 Å². The van der Waals surface area contributed by atoms with Crippen LogP contribution in [0.25, 0.3) is 0 Å². The van der Waals surface area contributed by atoms with Crippen LogP contribution in [0.4, 0.5) is 0 Å². The van der Waals surface area contributed by atoms with Crippen molar-refractivity contribution in [3.63, 3.8) is 0 Å². The Balaban J connectivity index is 1.37. The van der Waals surface area contributed by atoms with Gasteiger partial charge in [-0.25, -0.2) is 10.2 Å². The predicted molar refractivity (Wildman–Crippen MR) is 181 cm³/mol. The number of hydrazone groups is 1. The van der Waals surface area contributed by atoms with Gasteiger partial charge in [0.1, 0.15) is 18.1 Å². The summed E-state index contributed by atoms with van der Waals surface area (Å²) in [5.74, 6) is 0.117. The molecule has 1 aliphatic rings. The number of para-hydroxylation sites is 1. The van der Waals surface area contributed by atoms with E-state index in [1.165, 1.54) is 6.21 Å². The Labute approximate surface area is 282 Å². The number of esters is 1. The van der Waals surface area contributed by atoms with Gasteiger partial charge in [0.2, 0.25) is 0 Å². The van der Waals surface area contributed by atoms with Crippen LogP contribution in [0.15, 0.2) is 81.5 Å². The van der Waals surface area contributed by atoms with E-state index in [-0.39, 0.29) is 13.2 Å². The second-order valence-electron chi connectivity index (χ2n) is 9.32. The summed E-state index contributed by atoms with van der Waals surface area (Å²) >= 11 is 11.0. The normalized spacial score (nSPS) is 14.3. The minimum atomic E-state index is -0.628. The SMILES string of the molecule is CCOC(=O)C1=C(C)NC(=S)N[C@@H]1c1ccccc1OCC(=O)NN=Cc1cc(Br)c(OCc2ccc(C#N)cc2)c(I)c1. The molecule has 1 amide bonds. The van der Waals surface area contributed by atoms with Crippen molar-refractivity contribution in [3.8, 4) is 17.6 Å². The Morgan fingerprint density at radius 3 is 2.64 bits per heavy atom. The van der Waals surface area contributed by atoms with E-state index in [1.54, 1.807) is 50.2 Å². The monoisotopic (exact) mass is 787 g/mol. The molecule has 0 saturated carbocycles. The fraction of sp³-hybridized carbons (Fsp3) is 0.194. The zero-order valence-corrected chi connectivity index (χ0v) is 28.2. The van der Waals surface area contributed by atoms with Crippen LogP contribution in [-0.2, 0) is 20.9 Å². The number of halogens is 2. The lowest BCUT2D eigenvalue weighted by Crippen LogP contribution is -2.45. The maximum atomic E-state index is 12.7. The fourth-order valence-corrected chi connectivity index (χ4v) is 6.27. The third kappa shape index (κ3) is 8.55. The fourth-order valence-electron chi connectivity index (χ4n) is 4.23. The summed E-state index contributed by atoms with van der Waals surface area (Å²) in [6.07, 6.45) is 1.52. The van der Waals surface area contributed by atoms with Gasteiger partial charge >= 0.3 is 5.97 Å². The van der Waals surface area contributed by atoms with Crippen LogP contribution in [-0.4, -0.2) is 36.4 Å². The number of rotatable bonds is 11. The lowest BCUT2D eigenvalue weighted by atomic mass is 9.95. The Hall–Kier alpha value is -4.00. The molecule has 0 radical (unpaired) electrons. The van der Waals surface area contributed by atoms with E-state index in [9.17, 15) is 9.59 Å². The molecule has 3 aromatic carbocycles. The number of hydrogen-bond acceptors (Lipinski definition) is 8. The summed E-state index contributed by atoms with van der Waals surface area (Å²) in [5, 5.41) is 19.4. The van der Waals surface area contributed by atoms with E-state index >= 15 is 0 Å². The van der Waals surface area contributed by atoms with Crippen LogP contribution in [0, 0.1) is 14.9 Å². The van der Waals surface area contributed by atoms with Crippen molar-refractivity contribution in [2.24, 2.45) is 5.10 Å². The van der Waals surface area contributed by atoms with Crippen molar-refractivity contribution < 1.29 is 23.8 Å². The second kappa shape index (κ2) is 15.6. The van der Waals surface area contributed by atoms with Crippen LogP contribution < -0.4 is 25.5 Å². The first kappa shape index (κ1) is 32.9. The van der Waals surface area contributed by atoms with Gasteiger partial charge in [0, 0.05) is 11.3 Å². The molecule has 13 heteroatoms. The van der Waals surface area contributed by atoms with E-state index in [0.717, 1.165) is 19.2 Å². The molecule has 44 heavy (non-hydrogen) atoms. The first-order valence-electron chi connectivity index (χ1n) is 13.3. The summed E-state index contributed by atoms with van der Waals surface area (Å²) in [6, 6.07) is 19.4. The van der Waals surface area contributed by atoms with E-state index in [4.69, 9.17) is 31.7 Å². The third-order valence-corrected chi connectivity index (χ3v) is 7.85. The molecular weight excluding hydrogens is 761 g/mol. The molecule has 3 N–H and O–H groups in total. The zero-order valence-electron chi connectivity index (χ0n) is 23.6. The molecule has 0 saturated heterocycles. The Bertz CT molecular complexity index is 1650. The van der Waals surface area contributed by atoms with E-state index < -0.39 is 17.9 Å². The molecule has 226 valence electrons. The van der Waals surface area contributed by atoms with Gasteiger partial charge in [0.25, 0.3) is 5.91 Å². The van der Waals surface area contributed by atoms with Gasteiger partial charge in [0.15, 0.2) is 11.7 Å². The number of thiocarbonyl (C=S) groups is 1. The number of allylic oxidation sites excluding steroid dienone is 1. The number of amides is 1. The Morgan fingerprint density at radius 2 is 1.93 bits per heavy atom. The minimum Gasteiger partial charge on any atom is -0.487 e. The molecule has 0 spiro atoms. The molecule has 1 atom stereocenters. The molecule has 4 rings (SSSR count). The van der Waals surface area contributed by atoms with Gasteiger partial charge in [-0.15, -0.1) is 0 Å². The number of carbonyl (C=O) groups excluding carboxylic acids is 2. The average Bonchev–Trinajstić information content (AvgIpc) is 2.99. The first-order chi connectivity index (χ1) is 21.2. The van der Waals surface area contributed by atoms with Crippen molar-refractivity contribution in [2.45, 2.75) is 26.5 Å². The van der Waals surface area contributed by atoms with Crippen LogP contribution in [0.5, 0.6) is 11.5 Å². The molecule has 1 heterocycles. The summed E-state index contributed by atoms with van der Waals surface area (Å²) in [6.45, 7) is 3.73. The lowest BCUT2D eigenvalue weighted by molar-refractivity contribution is -0.139. The number of nitrogens with one attached hydrogen (secondary N) is 3. The molecule has 0 unspecified atom stereocenters. The number of nitriles is 1. The van der Waals surface area contributed by atoms with Crippen LogP contribution in [0.1, 0.15) is 42.1 Å². The predicted octanol–water partition coefficient (Wildman–Crippen LogP) is 5.39. The molecular formula is C31H27BrIN5O5S. The lowest BCUT2D eigenvalue weighted by Gasteiger charge is -2.30. The largest absolute Gasteiger partial charge is 0.487 e. The van der Waals surface area contributed by atoms with Crippen molar-refractivity contribution >= 4 is 73.9 Å².